The average Bonchev–Trinajstić information content (AvgIpc) is 2.37. The van der Waals surface area contributed by atoms with E-state index in [0.29, 0.717) is 11.8 Å². The fourth-order valence-electron chi connectivity index (χ4n) is 1.73. The van der Waals surface area contributed by atoms with Gasteiger partial charge in [-0.25, -0.2) is 9.59 Å². The van der Waals surface area contributed by atoms with Crippen LogP contribution in [0.5, 0.6) is 0 Å². The van der Waals surface area contributed by atoms with Gasteiger partial charge in [-0.05, 0) is 18.6 Å². The third kappa shape index (κ3) is 5.59. The first-order chi connectivity index (χ1) is 8.63. The molecule has 0 aromatic carbocycles. The molecule has 1 fully saturated rings. The van der Waals surface area contributed by atoms with E-state index in [1.165, 1.54) is 20.0 Å². The number of hydrogen-bond acceptors (Lipinski definition) is 4. The van der Waals surface area contributed by atoms with Crippen LogP contribution in [-0.4, -0.2) is 54.4 Å². The first-order valence-corrected chi connectivity index (χ1v) is 7.06. The van der Waals surface area contributed by atoms with E-state index in [9.17, 15) is 9.59 Å². The molecule has 0 aromatic heterocycles. The second-order valence-electron chi connectivity index (χ2n) is 4.19. The van der Waals surface area contributed by atoms with Crippen LogP contribution in [0.3, 0.4) is 0 Å². The third-order valence-corrected chi connectivity index (χ3v) is 4.10. The number of amides is 2. The van der Waals surface area contributed by atoms with Crippen LogP contribution >= 0.6 is 11.8 Å². The Morgan fingerprint density at radius 2 is 2.28 bits per heavy atom. The van der Waals surface area contributed by atoms with E-state index in [4.69, 9.17) is 9.84 Å². The lowest BCUT2D eigenvalue weighted by atomic mass is 10.2. The van der Waals surface area contributed by atoms with E-state index >= 15 is 0 Å². The molecular weight excluding hydrogens is 256 g/mol. The minimum absolute atomic E-state index is 0.0407. The quantitative estimate of drug-likeness (QED) is 0.663. The highest BCUT2D eigenvalue weighted by Gasteiger charge is 2.20. The average molecular weight is 276 g/mol. The lowest BCUT2D eigenvalue weighted by molar-refractivity contribution is -0.140. The largest absolute Gasteiger partial charge is 0.480 e. The number of nitrogens with one attached hydrogen (secondary N) is 2. The molecule has 0 aromatic rings. The molecule has 0 bridgehead atoms. The Balaban J connectivity index is 2.24. The number of carbonyl (C=O) groups excluding carboxylic acids is 1. The van der Waals surface area contributed by atoms with Crippen LogP contribution in [0.1, 0.15) is 19.3 Å². The van der Waals surface area contributed by atoms with E-state index < -0.39 is 18.0 Å². The number of hydrogen-bond donors (Lipinski definition) is 3. The zero-order chi connectivity index (χ0) is 13.4. The molecule has 7 heteroatoms. The maximum atomic E-state index is 11.5. The predicted octanol–water partition coefficient (Wildman–Crippen LogP) is 0.671. The van der Waals surface area contributed by atoms with E-state index in [1.807, 2.05) is 11.8 Å². The smallest absolute Gasteiger partial charge is 0.328 e. The molecule has 1 heterocycles. The molecule has 1 aliphatic heterocycles. The van der Waals surface area contributed by atoms with Gasteiger partial charge >= 0.3 is 12.0 Å². The summed E-state index contributed by atoms with van der Waals surface area (Å²) in [6, 6.07) is -1.46. The summed E-state index contributed by atoms with van der Waals surface area (Å²) in [4.78, 5) is 22.3. The summed E-state index contributed by atoms with van der Waals surface area (Å²) in [7, 11) is 1.40. The van der Waals surface area contributed by atoms with Crippen molar-refractivity contribution in [1.82, 2.24) is 10.6 Å². The molecule has 6 nitrogen and oxygen atoms in total. The number of rotatable bonds is 6. The Bertz CT molecular complexity index is 282. The Kier molecular flexibility index (Phi) is 6.89. The van der Waals surface area contributed by atoms with Gasteiger partial charge in [0.15, 0.2) is 6.04 Å². The number of urea groups is 1. The predicted molar refractivity (Wildman–Crippen MR) is 69.9 cm³/mol. The van der Waals surface area contributed by atoms with Gasteiger partial charge in [0.1, 0.15) is 0 Å². The summed E-state index contributed by atoms with van der Waals surface area (Å²) in [6.07, 6.45) is 3.54. The van der Waals surface area contributed by atoms with E-state index in [0.717, 1.165) is 12.2 Å². The number of ether oxygens (including phenoxy) is 1. The molecule has 0 spiro atoms. The minimum atomic E-state index is -1.10. The maximum Gasteiger partial charge on any atom is 0.328 e. The summed E-state index contributed by atoms with van der Waals surface area (Å²) in [5.41, 5.74) is 0. The Morgan fingerprint density at radius 1 is 1.50 bits per heavy atom. The van der Waals surface area contributed by atoms with Crippen molar-refractivity contribution in [2.45, 2.75) is 30.6 Å². The molecule has 1 rings (SSSR count). The SMILES string of the molecule is COCC(NC(=O)NCC1CCCCS1)C(=O)O. The first-order valence-electron chi connectivity index (χ1n) is 6.01. The van der Waals surface area contributed by atoms with Crippen LogP contribution in [0.2, 0.25) is 0 Å². The fourth-order valence-corrected chi connectivity index (χ4v) is 2.96. The molecule has 0 aliphatic carbocycles. The van der Waals surface area contributed by atoms with Crippen LogP contribution in [0.4, 0.5) is 4.79 Å². The van der Waals surface area contributed by atoms with E-state index in [2.05, 4.69) is 10.6 Å². The lowest BCUT2D eigenvalue weighted by Gasteiger charge is -2.22. The highest BCUT2D eigenvalue weighted by Crippen LogP contribution is 2.24. The van der Waals surface area contributed by atoms with E-state index in [1.54, 1.807) is 0 Å². The first kappa shape index (κ1) is 15.1. The van der Waals surface area contributed by atoms with E-state index in [-0.39, 0.29) is 6.61 Å². The van der Waals surface area contributed by atoms with Gasteiger partial charge in [-0.3, -0.25) is 0 Å². The van der Waals surface area contributed by atoms with Gasteiger partial charge in [-0.2, -0.15) is 11.8 Å². The van der Waals surface area contributed by atoms with Crippen molar-refractivity contribution in [2.24, 2.45) is 0 Å². The second kappa shape index (κ2) is 8.20. The van der Waals surface area contributed by atoms with Gasteiger partial charge in [0, 0.05) is 18.9 Å². The molecule has 3 N–H and O–H groups in total. The van der Waals surface area contributed by atoms with Gasteiger partial charge in [0.25, 0.3) is 0 Å². The van der Waals surface area contributed by atoms with Gasteiger partial charge < -0.3 is 20.5 Å². The number of carboxylic acids is 1. The number of thioether (sulfide) groups is 1. The van der Waals surface area contributed by atoms with Crippen LogP contribution in [0, 0.1) is 0 Å². The number of carbonyl (C=O) groups is 2. The minimum Gasteiger partial charge on any atom is -0.480 e. The van der Waals surface area contributed by atoms with Gasteiger partial charge in [-0.15, -0.1) is 0 Å². The fraction of sp³-hybridized carbons (Fsp3) is 0.818. The normalized spacial score (nSPS) is 21.1. The molecule has 1 saturated heterocycles. The Morgan fingerprint density at radius 3 is 2.83 bits per heavy atom. The monoisotopic (exact) mass is 276 g/mol. The molecule has 0 radical (unpaired) electrons. The maximum absolute atomic E-state index is 11.5. The van der Waals surface area contributed by atoms with Crippen molar-refractivity contribution in [3.05, 3.63) is 0 Å². The van der Waals surface area contributed by atoms with Crippen LogP contribution < -0.4 is 10.6 Å². The van der Waals surface area contributed by atoms with Crippen LogP contribution in [0.25, 0.3) is 0 Å². The number of carboxylic acid groups (broad SMARTS) is 1. The van der Waals surface area contributed by atoms with Crippen molar-refractivity contribution in [1.29, 1.82) is 0 Å². The molecule has 2 atom stereocenters. The van der Waals surface area contributed by atoms with Crippen molar-refractivity contribution in [3.63, 3.8) is 0 Å². The van der Waals surface area contributed by atoms with Crippen LogP contribution in [-0.2, 0) is 9.53 Å². The van der Waals surface area contributed by atoms with Gasteiger partial charge in [0.2, 0.25) is 0 Å². The van der Waals surface area contributed by atoms with Crippen molar-refractivity contribution >= 4 is 23.8 Å². The van der Waals surface area contributed by atoms with Gasteiger partial charge in [-0.1, -0.05) is 6.42 Å². The third-order valence-electron chi connectivity index (χ3n) is 2.70. The number of methoxy groups -OCH3 is 1. The molecule has 0 saturated carbocycles. The van der Waals surface area contributed by atoms with Crippen LogP contribution in [0.15, 0.2) is 0 Å². The molecule has 18 heavy (non-hydrogen) atoms. The summed E-state index contributed by atoms with van der Waals surface area (Å²) in [6.45, 7) is 0.538. The highest BCUT2D eigenvalue weighted by atomic mass is 32.2. The topological polar surface area (TPSA) is 87.7 Å². The second-order valence-corrected chi connectivity index (χ2v) is 5.60. The number of aliphatic carboxylic acids is 1. The molecular formula is C11H20N2O4S. The Hall–Kier alpha value is -0.950. The summed E-state index contributed by atoms with van der Waals surface area (Å²) in [5.74, 6) is 0.0362. The zero-order valence-electron chi connectivity index (χ0n) is 10.5. The summed E-state index contributed by atoms with van der Waals surface area (Å²) < 4.78 is 4.73. The summed E-state index contributed by atoms with van der Waals surface area (Å²) in [5, 5.41) is 14.4. The van der Waals surface area contributed by atoms with Crippen molar-refractivity contribution in [2.75, 3.05) is 26.0 Å². The van der Waals surface area contributed by atoms with Gasteiger partial charge in [0.05, 0.1) is 6.61 Å². The van der Waals surface area contributed by atoms with Crippen molar-refractivity contribution < 1.29 is 19.4 Å². The Labute approximate surface area is 111 Å². The summed E-state index contributed by atoms with van der Waals surface area (Å²) >= 11 is 1.86. The lowest BCUT2D eigenvalue weighted by Crippen LogP contribution is -2.49. The molecule has 2 amide bonds. The standard InChI is InChI=1S/C11H20N2O4S/c1-17-7-9(10(14)15)13-11(16)12-6-8-4-2-3-5-18-8/h8-9H,2-7H2,1H3,(H,14,15)(H2,12,13,16). The molecule has 2 unspecified atom stereocenters. The molecule has 104 valence electrons. The zero-order valence-corrected chi connectivity index (χ0v) is 11.3. The van der Waals surface area contributed by atoms with Crippen molar-refractivity contribution in [3.8, 4) is 0 Å². The molecule has 1 aliphatic rings. The highest BCUT2D eigenvalue weighted by molar-refractivity contribution is 7.99.